The summed E-state index contributed by atoms with van der Waals surface area (Å²) < 4.78 is 26.0. The molecule has 3 aliphatic heterocycles. The molecule has 6 heterocycles. The van der Waals surface area contributed by atoms with Gasteiger partial charge in [0.15, 0.2) is 11.5 Å². The normalized spacial score (nSPS) is 18.0. The van der Waals surface area contributed by atoms with E-state index in [1.54, 1.807) is 16.6 Å². The van der Waals surface area contributed by atoms with E-state index >= 15 is 0 Å². The second-order valence-corrected chi connectivity index (χ2v) is 17.1. The van der Waals surface area contributed by atoms with Crippen molar-refractivity contribution in [2.75, 3.05) is 45.4 Å². The summed E-state index contributed by atoms with van der Waals surface area (Å²) in [5, 5.41) is 8.17. The third-order valence-electron chi connectivity index (χ3n) is 11.4. The van der Waals surface area contributed by atoms with Crippen LogP contribution in [-0.4, -0.2) is 87.3 Å². The number of aromatic nitrogens is 4. The van der Waals surface area contributed by atoms with Crippen molar-refractivity contribution >= 4 is 44.9 Å². The third kappa shape index (κ3) is 7.40. The van der Waals surface area contributed by atoms with Crippen molar-refractivity contribution < 1.29 is 23.4 Å². The predicted molar refractivity (Wildman–Crippen MR) is 229 cm³/mol. The molecule has 2 fully saturated rings. The number of aliphatic imine (C=N–C) groups is 1. The maximum absolute atomic E-state index is 14.3. The Bertz CT molecular complexity index is 2660. The molecule has 3 aliphatic rings. The molecule has 0 bridgehead atoms. The first-order chi connectivity index (χ1) is 28.8. The van der Waals surface area contributed by atoms with Crippen molar-refractivity contribution in [3.63, 3.8) is 0 Å². The van der Waals surface area contributed by atoms with Crippen molar-refractivity contribution in [1.82, 2.24) is 24.2 Å². The van der Waals surface area contributed by atoms with Crippen LogP contribution in [0.15, 0.2) is 91.8 Å². The topological polar surface area (TPSA) is 143 Å². The van der Waals surface area contributed by atoms with Crippen LogP contribution < -0.4 is 20.7 Å². The molecular formula is C44H44N6O7S2. The van der Waals surface area contributed by atoms with Gasteiger partial charge in [-0.25, -0.2) is 4.79 Å². The Labute approximate surface area is 348 Å². The Kier molecular flexibility index (Phi) is 11.0. The maximum atomic E-state index is 14.3. The number of thiophene rings is 1. The minimum atomic E-state index is -0.455. The molecule has 3 aromatic carbocycles. The lowest BCUT2D eigenvalue weighted by Crippen LogP contribution is -2.46. The molecular weight excluding hydrogens is 789 g/mol. The Morgan fingerprint density at radius 1 is 0.915 bits per heavy atom. The highest BCUT2D eigenvalue weighted by molar-refractivity contribution is 7.99. The fourth-order valence-corrected chi connectivity index (χ4v) is 10.8. The lowest BCUT2D eigenvalue weighted by Gasteiger charge is -2.35. The van der Waals surface area contributed by atoms with E-state index in [2.05, 4.69) is 16.3 Å². The van der Waals surface area contributed by atoms with Crippen molar-refractivity contribution in [3.05, 3.63) is 128 Å². The van der Waals surface area contributed by atoms with E-state index < -0.39 is 11.7 Å². The molecule has 0 unspecified atom stereocenters. The highest BCUT2D eigenvalue weighted by Crippen LogP contribution is 2.44. The van der Waals surface area contributed by atoms with E-state index in [0.717, 1.165) is 51.0 Å². The van der Waals surface area contributed by atoms with Gasteiger partial charge in [0.05, 0.1) is 31.0 Å². The number of carbonyl (C=O) groups is 1. The van der Waals surface area contributed by atoms with Crippen LogP contribution in [0.25, 0.3) is 20.7 Å². The lowest BCUT2D eigenvalue weighted by atomic mass is 9.81. The van der Waals surface area contributed by atoms with E-state index in [9.17, 15) is 14.4 Å². The van der Waals surface area contributed by atoms with Gasteiger partial charge in [-0.2, -0.15) is 11.8 Å². The molecule has 0 spiro atoms. The van der Waals surface area contributed by atoms with Crippen LogP contribution in [0.3, 0.4) is 0 Å². The van der Waals surface area contributed by atoms with Gasteiger partial charge in [-0.15, -0.1) is 21.5 Å². The summed E-state index contributed by atoms with van der Waals surface area (Å²) >= 11 is 3.32. The molecule has 0 saturated carbocycles. The lowest BCUT2D eigenvalue weighted by molar-refractivity contribution is 0.0691. The van der Waals surface area contributed by atoms with Gasteiger partial charge in [0, 0.05) is 59.5 Å². The summed E-state index contributed by atoms with van der Waals surface area (Å²) in [6, 6.07) is 23.3. The molecule has 9 rings (SSSR count). The van der Waals surface area contributed by atoms with Gasteiger partial charge in [0.1, 0.15) is 17.9 Å². The zero-order chi connectivity index (χ0) is 40.6. The second-order valence-electron chi connectivity index (χ2n) is 14.9. The highest BCUT2D eigenvalue weighted by atomic mass is 32.2. The summed E-state index contributed by atoms with van der Waals surface area (Å²) in [6.45, 7) is 3.44. The number of methoxy groups -OCH3 is 2. The van der Waals surface area contributed by atoms with Crippen LogP contribution in [0.1, 0.15) is 77.0 Å². The van der Waals surface area contributed by atoms with Crippen molar-refractivity contribution in [2.24, 2.45) is 4.99 Å². The minimum absolute atomic E-state index is 0.00914. The van der Waals surface area contributed by atoms with Gasteiger partial charge in [-0.1, -0.05) is 42.5 Å². The van der Waals surface area contributed by atoms with Crippen molar-refractivity contribution in [3.8, 4) is 21.9 Å². The zero-order valence-corrected chi connectivity index (χ0v) is 34.7. The molecule has 2 atom stereocenters. The quantitative estimate of drug-likeness (QED) is 0.137. The highest BCUT2D eigenvalue weighted by Gasteiger charge is 2.35. The number of likely N-dealkylation sites (tertiary alicyclic amines) is 1. The summed E-state index contributed by atoms with van der Waals surface area (Å²) in [6.07, 6.45) is 1.89. The Hall–Kier alpha value is -5.51. The standard InChI is InChI=1S/C44H44N6O7S2/c1-4-56-36-20-30-31(21-35(36)55-3)40(45-33-16-19-58-25-32(30)33)27-10-12-28(13-11-27)42(51)48-17-14-29(15-18-48)50-43(52)41-34(22-37(59-41)26-8-6-5-7-9-26)49(44(50)53)23-38-46-47-39(57-38)24-54-2/h5-13,20-22,29,32-33H,4,14-19,23-25H2,1-3H3/t32-,33-/m1/s1. The smallest absolute Gasteiger partial charge is 0.332 e. The summed E-state index contributed by atoms with van der Waals surface area (Å²) in [5.41, 5.74) is 5.34. The van der Waals surface area contributed by atoms with Crippen LogP contribution in [0.5, 0.6) is 11.5 Å². The first kappa shape index (κ1) is 39.0. The number of hydrogen-bond donors (Lipinski definition) is 0. The van der Waals surface area contributed by atoms with Gasteiger partial charge in [0.25, 0.3) is 11.5 Å². The average molecular weight is 833 g/mol. The molecule has 304 valence electrons. The van der Waals surface area contributed by atoms with E-state index in [-0.39, 0.29) is 36.6 Å². The van der Waals surface area contributed by atoms with Gasteiger partial charge in [-0.3, -0.25) is 23.7 Å². The van der Waals surface area contributed by atoms with Crippen LogP contribution in [-0.2, 0) is 17.9 Å². The zero-order valence-electron chi connectivity index (χ0n) is 33.1. The van der Waals surface area contributed by atoms with Crippen molar-refractivity contribution in [1.29, 1.82) is 0 Å². The Morgan fingerprint density at radius 2 is 1.69 bits per heavy atom. The number of fused-ring (bicyclic) bond motifs is 4. The van der Waals surface area contributed by atoms with E-state index in [4.69, 9.17) is 23.6 Å². The van der Waals surface area contributed by atoms with Crippen LogP contribution in [0, 0.1) is 0 Å². The average Bonchev–Trinajstić information content (AvgIpc) is 3.93. The SMILES string of the molecule is CCOc1cc2c(cc1OC)C(c1ccc(C(=O)N3CCC(n4c(=O)c5sc(-c6ccccc6)cc5n(Cc5nnc(COC)o5)c4=O)CC3)cc1)=N[C@@H]1CCSC[C@H]21. The number of carbonyl (C=O) groups excluding carboxylic acids is 1. The molecule has 6 aromatic rings. The number of hydrogen-bond acceptors (Lipinski definition) is 12. The monoisotopic (exact) mass is 832 g/mol. The number of benzene rings is 3. The molecule has 15 heteroatoms. The molecule has 59 heavy (non-hydrogen) atoms. The Balaban J connectivity index is 0.965. The first-order valence-corrected chi connectivity index (χ1v) is 21.9. The number of amides is 1. The van der Waals surface area contributed by atoms with Crippen LogP contribution in [0.2, 0.25) is 0 Å². The third-order valence-corrected chi connectivity index (χ3v) is 13.7. The molecule has 0 radical (unpaired) electrons. The molecule has 0 N–H and O–H groups in total. The number of nitrogens with zero attached hydrogens (tertiary/aromatic N) is 6. The largest absolute Gasteiger partial charge is 0.493 e. The maximum Gasteiger partial charge on any atom is 0.332 e. The van der Waals surface area contributed by atoms with Gasteiger partial charge in [0.2, 0.25) is 11.8 Å². The molecule has 13 nitrogen and oxygen atoms in total. The number of thioether (sulfide) groups is 1. The fourth-order valence-electron chi connectivity index (χ4n) is 8.49. The number of ether oxygens (including phenoxy) is 3. The number of rotatable bonds is 11. The summed E-state index contributed by atoms with van der Waals surface area (Å²) in [5.74, 6) is 4.24. The molecule has 0 aliphatic carbocycles. The van der Waals surface area contributed by atoms with E-state index in [1.165, 1.54) is 28.6 Å². The summed E-state index contributed by atoms with van der Waals surface area (Å²) in [7, 11) is 3.19. The van der Waals surface area contributed by atoms with Gasteiger partial charge < -0.3 is 23.5 Å². The van der Waals surface area contributed by atoms with Gasteiger partial charge >= 0.3 is 5.69 Å². The van der Waals surface area contributed by atoms with Crippen LogP contribution >= 0.6 is 23.1 Å². The van der Waals surface area contributed by atoms with Crippen molar-refractivity contribution in [2.45, 2.75) is 57.3 Å². The fraction of sp³-hybridized carbons (Fsp3) is 0.364. The molecule has 2 saturated heterocycles. The Morgan fingerprint density at radius 3 is 2.44 bits per heavy atom. The minimum Gasteiger partial charge on any atom is -0.493 e. The number of piperidine rings is 1. The first-order valence-electron chi connectivity index (χ1n) is 19.9. The van der Waals surface area contributed by atoms with Crippen LogP contribution in [0.4, 0.5) is 0 Å². The molecule has 3 aromatic heterocycles. The summed E-state index contributed by atoms with van der Waals surface area (Å²) in [4.78, 5) is 50.5. The predicted octanol–water partition coefficient (Wildman–Crippen LogP) is 6.79. The van der Waals surface area contributed by atoms with Gasteiger partial charge in [-0.05, 0) is 73.4 Å². The molecule has 1 amide bonds. The van der Waals surface area contributed by atoms with E-state index in [0.29, 0.717) is 65.9 Å². The van der Waals surface area contributed by atoms with E-state index in [1.807, 2.05) is 85.4 Å². The second kappa shape index (κ2) is 16.6.